The van der Waals surface area contributed by atoms with Crippen LogP contribution in [0.5, 0.6) is 0 Å². The Labute approximate surface area is 209 Å². The molecular formula is C32H46O2. The molecule has 1 aliphatic carbocycles. The van der Waals surface area contributed by atoms with Crippen LogP contribution in [0.2, 0.25) is 0 Å². The van der Waals surface area contributed by atoms with E-state index in [1.807, 2.05) is 25.2 Å². The lowest BCUT2D eigenvalue weighted by atomic mass is 9.72. The van der Waals surface area contributed by atoms with E-state index >= 15 is 0 Å². The summed E-state index contributed by atoms with van der Waals surface area (Å²) >= 11 is 0. The van der Waals surface area contributed by atoms with Gasteiger partial charge >= 0.3 is 0 Å². The SMILES string of the molecule is COC(/C=C(C)/C=C/C=C(C)/C=C/C=C(C)/C=C/C=C(C)/C=C/C1=C(C)CCCC1(C)C)OC. The van der Waals surface area contributed by atoms with Gasteiger partial charge in [-0.15, -0.1) is 0 Å². The molecule has 0 amide bonds. The number of rotatable bonds is 11. The highest BCUT2D eigenvalue weighted by molar-refractivity contribution is 5.37. The second-order valence-electron chi connectivity index (χ2n) is 9.82. The zero-order valence-electron chi connectivity index (χ0n) is 22.9. The van der Waals surface area contributed by atoms with Gasteiger partial charge in [0.05, 0.1) is 0 Å². The van der Waals surface area contributed by atoms with Gasteiger partial charge in [-0.3, -0.25) is 0 Å². The van der Waals surface area contributed by atoms with Gasteiger partial charge in [0.25, 0.3) is 0 Å². The molecular weight excluding hydrogens is 416 g/mol. The quantitative estimate of drug-likeness (QED) is 0.225. The molecule has 34 heavy (non-hydrogen) atoms. The molecule has 0 unspecified atom stereocenters. The zero-order chi connectivity index (χ0) is 25.6. The van der Waals surface area contributed by atoms with Crippen LogP contribution in [0.1, 0.15) is 67.7 Å². The maximum absolute atomic E-state index is 5.18. The van der Waals surface area contributed by atoms with Gasteiger partial charge in [0.1, 0.15) is 0 Å². The van der Waals surface area contributed by atoms with Gasteiger partial charge in [-0.05, 0) is 70.9 Å². The Morgan fingerprint density at radius 3 is 1.71 bits per heavy atom. The normalized spacial score (nSPS) is 19.2. The van der Waals surface area contributed by atoms with Crippen LogP contribution in [0.25, 0.3) is 0 Å². The molecule has 0 spiro atoms. The first-order chi connectivity index (χ1) is 16.1. The van der Waals surface area contributed by atoms with E-state index in [-0.39, 0.29) is 11.7 Å². The average Bonchev–Trinajstić information content (AvgIpc) is 2.76. The zero-order valence-corrected chi connectivity index (χ0v) is 22.9. The molecule has 186 valence electrons. The van der Waals surface area contributed by atoms with E-state index in [0.29, 0.717) is 0 Å². The molecule has 0 bridgehead atoms. The molecule has 0 atom stereocenters. The monoisotopic (exact) mass is 462 g/mol. The van der Waals surface area contributed by atoms with Crippen molar-refractivity contribution in [2.45, 2.75) is 74.0 Å². The highest BCUT2D eigenvalue weighted by Gasteiger charge is 2.26. The van der Waals surface area contributed by atoms with Crippen LogP contribution in [0, 0.1) is 5.41 Å². The third kappa shape index (κ3) is 11.6. The molecule has 0 aromatic carbocycles. The van der Waals surface area contributed by atoms with Crippen molar-refractivity contribution >= 4 is 0 Å². The summed E-state index contributed by atoms with van der Waals surface area (Å²) in [5, 5.41) is 0. The average molecular weight is 463 g/mol. The molecule has 0 radical (unpaired) electrons. The molecule has 1 rings (SSSR count). The Morgan fingerprint density at radius 2 is 1.24 bits per heavy atom. The van der Waals surface area contributed by atoms with E-state index in [2.05, 4.69) is 96.2 Å². The van der Waals surface area contributed by atoms with Crippen LogP contribution in [0.4, 0.5) is 0 Å². The topological polar surface area (TPSA) is 18.5 Å². The van der Waals surface area contributed by atoms with Gasteiger partial charge in [-0.25, -0.2) is 0 Å². The summed E-state index contributed by atoms with van der Waals surface area (Å²) in [6, 6.07) is 0. The van der Waals surface area contributed by atoms with Crippen LogP contribution >= 0.6 is 0 Å². The summed E-state index contributed by atoms with van der Waals surface area (Å²) < 4.78 is 10.4. The maximum atomic E-state index is 5.18. The molecule has 0 heterocycles. The third-order valence-electron chi connectivity index (χ3n) is 6.07. The predicted octanol–water partition coefficient (Wildman–Crippen LogP) is 9.14. The molecule has 0 aromatic rings. The minimum absolute atomic E-state index is 0.287. The Morgan fingerprint density at radius 1 is 0.765 bits per heavy atom. The van der Waals surface area contributed by atoms with Crippen molar-refractivity contribution in [2.24, 2.45) is 5.41 Å². The third-order valence-corrected chi connectivity index (χ3v) is 6.07. The van der Waals surface area contributed by atoms with Crippen molar-refractivity contribution < 1.29 is 9.47 Å². The summed E-state index contributed by atoms with van der Waals surface area (Å²) in [7, 11) is 3.26. The first kappa shape index (κ1) is 29.6. The highest BCUT2D eigenvalue weighted by Crippen LogP contribution is 2.40. The lowest BCUT2D eigenvalue weighted by molar-refractivity contribution is -0.0669. The van der Waals surface area contributed by atoms with Crippen molar-refractivity contribution in [1.82, 2.24) is 0 Å². The van der Waals surface area contributed by atoms with Gasteiger partial charge in [-0.1, -0.05) is 109 Å². The molecule has 0 N–H and O–H groups in total. The van der Waals surface area contributed by atoms with Crippen LogP contribution in [-0.2, 0) is 9.47 Å². The van der Waals surface area contributed by atoms with Crippen molar-refractivity contribution in [2.75, 3.05) is 14.2 Å². The van der Waals surface area contributed by atoms with E-state index in [1.54, 1.807) is 19.8 Å². The fraction of sp³-hybridized carbons (Fsp3) is 0.438. The summed E-state index contributed by atoms with van der Waals surface area (Å²) in [4.78, 5) is 0. The Balaban J connectivity index is 2.66. The van der Waals surface area contributed by atoms with Gasteiger partial charge < -0.3 is 9.47 Å². The summed E-state index contributed by atoms with van der Waals surface area (Å²) in [5.41, 5.74) is 8.09. The van der Waals surface area contributed by atoms with Crippen molar-refractivity contribution in [1.29, 1.82) is 0 Å². The maximum Gasteiger partial charge on any atom is 0.176 e. The molecule has 0 aliphatic heterocycles. The molecule has 0 fully saturated rings. The van der Waals surface area contributed by atoms with E-state index in [1.165, 1.54) is 41.6 Å². The van der Waals surface area contributed by atoms with E-state index in [0.717, 1.165) is 5.57 Å². The fourth-order valence-electron chi connectivity index (χ4n) is 3.95. The fourth-order valence-corrected chi connectivity index (χ4v) is 3.95. The predicted molar refractivity (Wildman–Crippen MR) is 150 cm³/mol. The smallest absolute Gasteiger partial charge is 0.176 e. The second kappa shape index (κ2) is 15.5. The molecule has 0 aromatic heterocycles. The molecule has 2 heteroatoms. The van der Waals surface area contributed by atoms with Crippen LogP contribution < -0.4 is 0 Å². The number of hydrogen-bond donors (Lipinski definition) is 0. The molecule has 1 aliphatic rings. The molecule has 2 nitrogen and oxygen atoms in total. The summed E-state index contributed by atoms with van der Waals surface area (Å²) in [6.45, 7) is 15.4. The summed E-state index contributed by atoms with van der Waals surface area (Å²) in [6.07, 6.45) is 29.0. The first-order valence-corrected chi connectivity index (χ1v) is 12.3. The van der Waals surface area contributed by atoms with Crippen molar-refractivity contribution in [3.8, 4) is 0 Å². The number of methoxy groups -OCH3 is 2. The molecule has 0 saturated heterocycles. The van der Waals surface area contributed by atoms with Crippen LogP contribution in [0.15, 0.2) is 106 Å². The first-order valence-electron chi connectivity index (χ1n) is 12.3. The number of ether oxygens (including phenoxy) is 2. The lowest BCUT2D eigenvalue weighted by Gasteiger charge is -2.32. The Bertz CT molecular complexity index is 920. The Kier molecular flexibility index (Phi) is 13.5. The van der Waals surface area contributed by atoms with Gasteiger partial charge in [0.15, 0.2) is 6.29 Å². The molecule has 0 saturated carbocycles. The van der Waals surface area contributed by atoms with Crippen LogP contribution in [-0.4, -0.2) is 20.5 Å². The van der Waals surface area contributed by atoms with E-state index < -0.39 is 0 Å². The van der Waals surface area contributed by atoms with E-state index in [9.17, 15) is 0 Å². The minimum atomic E-state index is -0.309. The lowest BCUT2D eigenvalue weighted by Crippen LogP contribution is -2.19. The standard InChI is InChI=1S/C32H46O2/c1-25(14-10-15-26(2)17-12-19-28(4)24-31(33-8)34-9)16-11-18-27(3)21-22-30-29(5)20-13-23-32(30,6)7/h10-12,14-19,21-22,24,31H,13,20,23H2,1-9H3/b15-10+,16-11+,19-12+,22-21+,25-14+,26-17+,27-18+,28-24+. The number of allylic oxidation sites excluding steroid dienone is 17. The van der Waals surface area contributed by atoms with Gasteiger partial charge in [0, 0.05) is 14.2 Å². The van der Waals surface area contributed by atoms with Crippen molar-refractivity contribution in [3.05, 3.63) is 106 Å². The minimum Gasteiger partial charge on any atom is -0.352 e. The number of hydrogen-bond acceptors (Lipinski definition) is 2. The van der Waals surface area contributed by atoms with Crippen molar-refractivity contribution in [3.63, 3.8) is 0 Å². The summed E-state index contributed by atoms with van der Waals surface area (Å²) in [5.74, 6) is 0. The Hall–Kier alpha value is -2.42. The largest absolute Gasteiger partial charge is 0.352 e. The second-order valence-corrected chi connectivity index (χ2v) is 9.82. The highest BCUT2D eigenvalue weighted by atomic mass is 16.7. The van der Waals surface area contributed by atoms with E-state index in [4.69, 9.17) is 9.47 Å². The van der Waals surface area contributed by atoms with Gasteiger partial charge in [0.2, 0.25) is 0 Å². The van der Waals surface area contributed by atoms with Gasteiger partial charge in [-0.2, -0.15) is 0 Å². The van der Waals surface area contributed by atoms with Crippen LogP contribution in [0.3, 0.4) is 0 Å².